The number of hydrogen-bond donors (Lipinski definition) is 0. The summed E-state index contributed by atoms with van der Waals surface area (Å²) < 4.78 is 37.6. The normalized spacial score (nSPS) is 15.2. The van der Waals surface area contributed by atoms with Crippen LogP contribution in [0.2, 0.25) is 0 Å². The molecule has 0 radical (unpaired) electrons. The Hall–Kier alpha value is -2.43. The fraction of sp³-hybridized carbons (Fsp3) is 0.368. The van der Waals surface area contributed by atoms with E-state index in [-0.39, 0.29) is 42.8 Å². The molecule has 8 nitrogen and oxygen atoms in total. The molecule has 1 aromatic heterocycles. The predicted octanol–water partition coefficient (Wildman–Crippen LogP) is 2.11. The predicted molar refractivity (Wildman–Crippen MR) is 109 cm³/mol. The van der Waals surface area contributed by atoms with E-state index in [1.165, 1.54) is 37.6 Å². The number of methoxy groups -OCH3 is 2. The van der Waals surface area contributed by atoms with Gasteiger partial charge in [0.25, 0.3) is 5.91 Å². The van der Waals surface area contributed by atoms with E-state index < -0.39 is 10.0 Å². The highest BCUT2D eigenvalue weighted by atomic mass is 32.2. The van der Waals surface area contributed by atoms with Crippen LogP contribution < -0.4 is 9.47 Å². The second-order valence-electron chi connectivity index (χ2n) is 6.43. The highest BCUT2D eigenvalue weighted by Crippen LogP contribution is 2.31. The second-order valence-corrected chi connectivity index (χ2v) is 9.45. The molecular weight excluding hydrogens is 416 g/mol. The van der Waals surface area contributed by atoms with Gasteiger partial charge in [0.15, 0.2) is 17.3 Å². The molecule has 1 saturated heterocycles. The summed E-state index contributed by atoms with van der Waals surface area (Å²) >= 11 is 1.16. The van der Waals surface area contributed by atoms with Crippen molar-refractivity contribution in [2.75, 3.05) is 40.4 Å². The van der Waals surface area contributed by atoms with Crippen LogP contribution in [0.1, 0.15) is 26.3 Å². The number of carbonyl (C=O) groups excluding carboxylic acids is 2. The molecule has 1 aliphatic rings. The van der Waals surface area contributed by atoms with Crippen LogP contribution in [0.5, 0.6) is 11.5 Å². The molecule has 3 rings (SSSR count). The summed E-state index contributed by atoms with van der Waals surface area (Å²) in [5.74, 6) is 0.509. The molecule has 0 atom stereocenters. The van der Waals surface area contributed by atoms with E-state index in [1.54, 1.807) is 23.1 Å². The van der Waals surface area contributed by atoms with Gasteiger partial charge in [-0.3, -0.25) is 9.59 Å². The molecule has 1 aromatic carbocycles. The number of Topliss-reactive ketones (excluding diaryl/α,β-unsaturated/α-hetero) is 1. The quantitative estimate of drug-likeness (QED) is 0.642. The zero-order valence-electron chi connectivity index (χ0n) is 16.4. The van der Waals surface area contributed by atoms with Gasteiger partial charge < -0.3 is 14.4 Å². The molecule has 0 spiro atoms. The molecule has 0 saturated carbocycles. The lowest BCUT2D eigenvalue weighted by Gasteiger charge is -2.33. The van der Waals surface area contributed by atoms with Crippen LogP contribution in [0.25, 0.3) is 0 Å². The summed E-state index contributed by atoms with van der Waals surface area (Å²) in [7, 11) is -0.796. The minimum absolute atomic E-state index is 0.0834. The van der Waals surface area contributed by atoms with Gasteiger partial charge in [-0.05, 0) is 31.2 Å². The minimum Gasteiger partial charge on any atom is -0.493 e. The van der Waals surface area contributed by atoms with Gasteiger partial charge in [-0.1, -0.05) is 0 Å². The molecule has 0 unspecified atom stereocenters. The van der Waals surface area contributed by atoms with E-state index in [9.17, 15) is 18.0 Å². The van der Waals surface area contributed by atoms with E-state index in [2.05, 4.69) is 0 Å². The molecule has 1 aliphatic heterocycles. The third-order valence-electron chi connectivity index (χ3n) is 4.68. The van der Waals surface area contributed by atoms with Crippen molar-refractivity contribution in [2.45, 2.75) is 11.8 Å². The zero-order valence-corrected chi connectivity index (χ0v) is 18.0. The van der Waals surface area contributed by atoms with Crippen LogP contribution in [0.4, 0.5) is 0 Å². The molecule has 0 bridgehead atoms. The molecular formula is C19H22N2O6S2. The Labute approximate surface area is 173 Å². The molecule has 0 N–H and O–H groups in total. The average Bonchev–Trinajstić information content (AvgIpc) is 3.23. The van der Waals surface area contributed by atoms with E-state index in [1.807, 2.05) is 0 Å². The highest BCUT2D eigenvalue weighted by Gasteiger charge is 2.31. The van der Waals surface area contributed by atoms with Crippen molar-refractivity contribution in [1.82, 2.24) is 9.21 Å². The number of ether oxygens (including phenoxy) is 2. The molecule has 2 heterocycles. The Balaban J connectivity index is 1.70. The summed E-state index contributed by atoms with van der Waals surface area (Å²) in [4.78, 5) is 26.8. The SMILES string of the molecule is COc1ccc(S(=O)(=O)N2CCN(C(=O)c3ccc(C(C)=O)s3)CC2)cc1OC. The third-order valence-corrected chi connectivity index (χ3v) is 7.75. The van der Waals surface area contributed by atoms with E-state index in [4.69, 9.17) is 9.47 Å². The number of benzene rings is 1. The van der Waals surface area contributed by atoms with E-state index in [0.717, 1.165) is 11.3 Å². The van der Waals surface area contributed by atoms with Gasteiger partial charge in [0.1, 0.15) is 0 Å². The van der Waals surface area contributed by atoms with Gasteiger partial charge in [-0.2, -0.15) is 4.31 Å². The lowest BCUT2D eigenvalue weighted by atomic mass is 10.3. The first kappa shape index (κ1) is 21.3. The molecule has 29 heavy (non-hydrogen) atoms. The van der Waals surface area contributed by atoms with Crippen LogP contribution in [-0.4, -0.2) is 69.7 Å². The second kappa shape index (κ2) is 8.52. The maximum atomic E-state index is 13.0. The number of rotatable bonds is 6. The van der Waals surface area contributed by atoms with Crippen molar-refractivity contribution in [3.05, 3.63) is 40.1 Å². The number of sulfonamides is 1. The number of piperazine rings is 1. The lowest BCUT2D eigenvalue weighted by Crippen LogP contribution is -2.50. The first-order valence-electron chi connectivity index (χ1n) is 8.90. The standard InChI is InChI=1S/C19H22N2O6S2/c1-13(22)17-6-7-18(28-17)19(23)20-8-10-21(11-9-20)29(24,25)14-4-5-15(26-2)16(12-14)27-3/h4-7,12H,8-11H2,1-3H3. The van der Waals surface area contributed by atoms with Crippen molar-refractivity contribution in [2.24, 2.45) is 0 Å². The van der Waals surface area contributed by atoms with Crippen molar-refractivity contribution in [3.8, 4) is 11.5 Å². The first-order valence-corrected chi connectivity index (χ1v) is 11.2. The van der Waals surface area contributed by atoms with Crippen molar-refractivity contribution < 1.29 is 27.5 Å². The number of thiophene rings is 1. The number of hydrogen-bond acceptors (Lipinski definition) is 7. The topological polar surface area (TPSA) is 93.2 Å². The Morgan fingerprint density at radius 2 is 1.55 bits per heavy atom. The monoisotopic (exact) mass is 438 g/mol. The molecule has 10 heteroatoms. The summed E-state index contributed by atoms with van der Waals surface area (Å²) in [6.07, 6.45) is 0. The Bertz CT molecular complexity index is 1020. The number of amides is 1. The Morgan fingerprint density at radius 3 is 2.10 bits per heavy atom. The van der Waals surface area contributed by atoms with E-state index >= 15 is 0 Å². The van der Waals surface area contributed by atoms with Gasteiger partial charge in [-0.25, -0.2) is 8.42 Å². The number of carbonyl (C=O) groups is 2. The molecule has 0 aliphatic carbocycles. The van der Waals surface area contributed by atoms with Crippen molar-refractivity contribution in [3.63, 3.8) is 0 Å². The van der Waals surface area contributed by atoms with Crippen molar-refractivity contribution in [1.29, 1.82) is 0 Å². The largest absolute Gasteiger partial charge is 0.493 e. The third kappa shape index (κ3) is 4.29. The minimum atomic E-state index is -3.72. The smallest absolute Gasteiger partial charge is 0.264 e. The van der Waals surface area contributed by atoms with Crippen molar-refractivity contribution >= 4 is 33.1 Å². The number of nitrogens with zero attached hydrogens (tertiary/aromatic N) is 2. The summed E-state index contributed by atoms with van der Waals surface area (Å²) in [5.41, 5.74) is 0. The molecule has 2 aromatic rings. The van der Waals surface area contributed by atoms with Crippen LogP contribution in [0, 0.1) is 0 Å². The van der Waals surface area contributed by atoms with Gasteiger partial charge in [0, 0.05) is 32.2 Å². The number of ketones is 1. The van der Waals surface area contributed by atoms with E-state index in [0.29, 0.717) is 21.3 Å². The maximum absolute atomic E-state index is 13.0. The highest BCUT2D eigenvalue weighted by molar-refractivity contribution is 7.89. The molecule has 156 valence electrons. The summed E-state index contributed by atoms with van der Waals surface area (Å²) in [6.45, 7) is 2.38. The lowest BCUT2D eigenvalue weighted by molar-refractivity contribution is 0.0702. The summed E-state index contributed by atoms with van der Waals surface area (Å²) in [5, 5.41) is 0. The van der Waals surface area contributed by atoms with Gasteiger partial charge in [0.2, 0.25) is 10.0 Å². The van der Waals surface area contributed by atoms with Crippen LogP contribution in [0.15, 0.2) is 35.2 Å². The Kier molecular flexibility index (Phi) is 6.25. The first-order chi connectivity index (χ1) is 13.8. The zero-order chi connectivity index (χ0) is 21.2. The van der Waals surface area contributed by atoms with Crippen LogP contribution in [-0.2, 0) is 10.0 Å². The van der Waals surface area contributed by atoms with Crippen LogP contribution >= 0.6 is 11.3 Å². The molecule has 1 amide bonds. The fourth-order valence-electron chi connectivity index (χ4n) is 3.06. The Morgan fingerprint density at radius 1 is 0.931 bits per heavy atom. The summed E-state index contributed by atoms with van der Waals surface area (Å²) in [6, 6.07) is 7.73. The van der Waals surface area contributed by atoms with Crippen LogP contribution in [0.3, 0.4) is 0 Å². The van der Waals surface area contributed by atoms with Gasteiger partial charge in [-0.15, -0.1) is 11.3 Å². The average molecular weight is 439 g/mol. The maximum Gasteiger partial charge on any atom is 0.264 e. The van der Waals surface area contributed by atoms with Gasteiger partial charge in [0.05, 0.1) is 28.9 Å². The molecule has 1 fully saturated rings. The fourth-order valence-corrected chi connectivity index (χ4v) is 5.36. The van der Waals surface area contributed by atoms with Gasteiger partial charge >= 0.3 is 0 Å².